The highest BCUT2D eigenvalue weighted by Crippen LogP contribution is 2.39. The zero-order valence-electron chi connectivity index (χ0n) is 23.2. The van der Waals surface area contributed by atoms with E-state index in [2.05, 4.69) is 4.90 Å². The molecule has 0 fully saturated rings. The summed E-state index contributed by atoms with van der Waals surface area (Å²) >= 11 is 6.18. The van der Waals surface area contributed by atoms with Crippen LogP contribution in [0.25, 0.3) is 0 Å². The van der Waals surface area contributed by atoms with Crippen molar-refractivity contribution in [1.29, 1.82) is 0 Å². The van der Waals surface area contributed by atoms with Gasteiger partial charge in [-0.3, -0.25) is 4.90 Å². The number of nitrogens with two attached hydrogens (primary N) is 1. The van der Waals surface area contributed by atoms with Gasteiger partial charge in [-0.05, 0) is 48.4 Å². The first-order valence-electron chi connectivity index (χ1n) is 12.8. The van der Waals surface area contributed by atoms with Crippen molar-refractivity contribution in [2.24, 2.45) is 5.73 Å². The number of rotatable bonds is 6. The molecule has 0 saturated carbocycles. The van der Waals surface area contributed by atoms with Gasteiger partial charge in [0.15, 0.2) is 0 Å². The molecule has 0 aromatic heterocycles. The van der Waals surface area contributed by atoms with E-state index < -0.39 is 41.4 Å². The highest BCUT2D eigenvalue weighted by molar-refractivity contribution is 6.30. The Hall–Kier alpha value is -4.86. The molecule has 16 heteroatoms. The Bertz CT molecular complexity index is 1460. The van der Waals surface area contributed by atoms with Gasteiger partial charge in [0.2, 0.25) is 0 Å². The Morgan fingerprint density at radius 1 is 0.822 bits per heavy atom. The predicted molar refractivity (Wildman–Crippen MR) is 152 cm³/mol. The van der Waals surface area contributed by atoms with E-state index in [0.29, 0.717) is 30.4 Å². The largest absolute Gasteiger partial charge is 0.473 e. The molecule has 4 rings (SSSR count). The fraction of sp³-hybridized carbons (Fsp3) is 0.241. The number of aliphatic carboxylic acids is 4. The molecule has 242 valence electrons. The lowest BCUT2D eigenvalue weighted by atomic mass is 9.98. The second-order valence-electron chi connectivity index (χ2n) is 9.13. The van der Waals surface area contributed by atoms with E-state index in [0.717, 1.165) is 29.7 Å². The van der Waals surface area contributed by atoms with Crippen molar-refractivity contribution in [1.82, 2.24) is 4.90 Å². The van der Waals surface area contributed by atoms with Gasteiger partial charge in [-0.15, -0.1) is 0 Å². The minimum absolute atomic E-state index is 0.0521. The van der Waals surface area contributed by atoms with Crippen LogP contribution in [0.3, 0.4) is 0 Å². The maximum Gasteiger partial charge on any atom is 0.416 e. The van der Waals surface area contributed by atoms with Crippen LogP contribution < -0.4 is 15.2 Å². The number of hydrogen-bond donors (Lipinski definition) is 5. The molecule has 1 unspecified atom stereocenters. The van der Waals surface area contributed by atoms with Crippen LogP contribution in [0.5, 0.6) is 11.5 Å². The van der Waals surface area contributed by atoms with Crippen LogP contribution in [0.15, 0.2) is 72.8 Å². The number of halogens is 4. The molecular formula is C29H28ClF3N2O10. The van der Waals surface area contributed by atoms with Gasteiger partial charge in [0.1, 0.15) is 11.5 Å². The second-order valence-corrected chi connectivity index (χ2v) is 9.57. The third kappa shape index (κ3) is 11.3. The molecule has 0 radical (unpaired) electrons. The fourth-order valence-electron chi connectivity index (χ4n) is 4.06. The topological polar surface area (TPSA) is 197 Å². The molecule has 0 amide bonds. The Labute approximate surface area is 259 Å². The van der Waals surface area contributed by atoms with Crippen LogP contribution in [0.4, 0.5) is 13.2 Å². The van der Waals surface area contributed by atoms with Crippen LogP contribution in [0.2, 0.25) is 5.02 Å². The SMILES string of the molecule is NCCN1CCc2ccccc2C(Oc2cccc(Cl)c2)(Oc2cccc(C(F)(F)F)c2)C1.O=C(O)C(=O)O.O=C(O)C(=O)O. The Morgan fingerprint density at radius 2 is 1.36 bits per heavy atom. The summed E-state index contributed by atoms with van der Waals surface area (Å²) in [7, 11) is 0. The Balaban J connectivity index is 0.000000499. The lowest BCUT2D eigenvalue weighted by Crippen LogP contribution is -2.49. The molecule has 0 saturated heterocycles. The van der Waals surface area contributed by atoms with Crippen molar-refractivity contribution < 1.29 is 62.2 Å². The normalized spacial score (nSPS) is 15.8. The molecule has 1 heterocycles. The van der Waals surface area contributed by atoms with Gasteiger partial charge in [0.05, 0.1) is 12.1 Å². The standard InChI is InChI=1S/C25H24ClF3N2O2.2C2H2O4/c26-20-7-4-9-22(16-20)33-24(32-21-8-3-6-19(15-21)25(27,28)29)17-31(14-12-30)13-11-18-5-1-2-10-23(18)24;2*3-1(4)2(5)6/h1-10,15-16H,11-14,17,30H2;2*(H,3,4)(H,5,6). The van der Waals surface area contributed by atoms with Crippen LogP contribution in [0, 0.1) is 0 Å². The monoisotopic (exact) mass is 656 g/mol. The van der Waals surface area contributed by atoms with Gasteiger partial charge < -0.3 is 35.6 Å². The van der Waals surface area contributed by atoms with Gasteiger partial charge in [-0.2, -0.15) is 13.2 Å². The van der Waals surface area contributed by atoms with E-state index in [1.165, 1.54) is 12.1 Å². The molecule has 3 aromatic rings. The van der Waals surface area contributed by atoms with Crippen molar-refractivity contribution in [2.75, 3.05) is 26.2 Å². The molecule has 6 N–H and O–H groups in total. The molecule has 0 bridgehead atoms. The lowest BCUT2D eigenvalue weighted by Gasteiger charge is -2.38. The number of fused-ring (bicyclic) bond motifs is 1. The average Bonchev–Trinajstić information content (AvgIpc) is 3.10. The Morgan fingerprint density at radius 3 is 1.87 bits per heavy atom. The molecule has 0 spiro atoms. The molecule has 3 aromatic carbocycles. The molecule has 1 aliphatic rings. The number of alkyl halides is 3. The number of carboxylic acid groups (broad SMARTS) is 4. The lowest BCUT2D eigenvalue weighted by molar-refractivity contribution is -0.159. The number of carboxylic acids is 4. The fourth-order valence-corrected chi connectivity index (χ4v) is 4.24. The zero-order chi connectivity index (χ0) is 33.8. The first-order valence-corrected chi connectivity index (χ1v) is 13.2. The summed E-state index contributed by atoms with van der Waals surface area (Å²) in [5.74, 6) is -8.22. The molecular weight excluding hydrogens is 629 g/mol. The van der Waals surface area contributed by atoms with Crippen molar-refractivity contribution in [3.63, 3.8) is 0 Å². The van der Waals surface area contributed by atoms with Crippen LogP contribution in [-0.2, 0) is 37.6 Å². The van der Waals surface area contributed by atoms with E-state index in [1.807, 2.05) is 24.3 Å². The number of hydrogen-bond acceptors (Lipinski definition) is 8. The number of ether oxygens (including phenoxy) is 2. The summed E-state index contributed by atoms with van der Waals surface area (Å²) in [5.41, 5.74) is 6.78. The maximum absolute atomic E-state index is 13.4. The molecule has 12 nitrogen and oxygen atoms in total. The quantitative estimate of drug-likeness (QED) is 0.190. The van der Waals surface area contributed by atoms with Gasteiger partial charge in [0, 0.05) is 30.2 Å². The van der Waals surface area contributed by atoms with Gasteiger partial charge in [-0.25, -0.2) is 19.2 Å². The van der Waals surface area contributed by atoms with Crippen molar-refractivity contribution in [3.8, 4) is 11.5 Å². The third-order valence-electron chi connectivity index (χ3n) is 5.89. The van der Waals surface area contributed by atoms with Crippen molar-refractivity contribution >= 4 is 35.5 Å². The molecule has 0 aliphatic carbocycles. The highest BCUT2D eigenvalue weighted by Gasteiger charge is 2.43. The summed E-state index contributed by atoms with van der Waals surface area (Å²) in [4.78, 5) is 38.5. The van der Waals surface area contributed by atoms with E-state index in [-0.39, 0.29) is 12.3 Å². The van der Waals surface area contributed by atoms with Gasteiger partial charge in [-0.1, -0.05) is 48.0 Å². The molecule has 1 atom stereocenters. The molecule has 45 heavy (non-hydrogen) atoms. The zero-order valence-corrected chi connectivity index (χ0v) is 24.0. The van der Waals surface area contributed by atoms with E-state index in [1.54, 1.807) is 24.3 Å². The predicted octanol–water partition coefficient (Wildman–Crippen LogP) is 3.80. The minimum atomic E-state index is -4.49. The third-order valence-corrected chi connectivity index (χ3v) is 6.13. The summed E-state index contributed by atoms with van der Waals surface area (Å²) in [6, 6.07) is 19.3. The summed E-state index contributed by atoms with van der Waals surface area (Å²) in [6.45, 7) is 1.98. The Kier molecular flexibility index (Phi) is 13.1. The van der Waals surface area contributed by atoms with Gasteiger partial charge >= 0.3 is 30.1 Å². The van der Waals surface area contributed by atoms with Crippen LogP contribution >= 0.6 is 11.6 Å². The first-order chi connectivity index (χ1) is 21.1. The van der Waals surface area contributed by atoms with E-state index in [4.69, 9.17) is 66.4 Å². The summed E-state index contributed by atoms with van der Waals surface area (Å²) in [5, 5.41) is 30.0. The smallest absolute Gasteiger partial charge is 0.416 e. The van der Waals surface area contributed by atoms with Gasteiger partial charge in [0.25, 0.3) is 5.79 Å². The van der Waals surface area contributed by atoms with Crippen molar-refractivity contribution in [2.45, 2.75) is 18.4 Å². The minimum Gasteiger partial charge on any atom is -0.473 e. The van der Waals surface area contributed by atoms with E-state index >= 15 is 0 Å². The highest BCUT2D eigenvalue weighted by atomic mass is 35.5. The first kappa shape index (κ1) is 36.3. The summed E-state index contributed by atoms with van der Waals surface area (Å²) in [6.07, 6.45) is -3.77. The maximum atomic E-state index is 13.4. The number of carbonyl (C=O) groups is 4. The number of benzene rings is 3. The van der Waals surface area contributed by atoms with Crippen LogP contribution in [-0.4, -0.2) is 75.4 Å². The summed E-state index contributed by atoms with van der Waals surface area (Å²) < 4.78 is 53.0. The van der Waals surface area contributed by atoms with Crippen LogP contribution in [0.1, 0.15) is 16.7 Å². The second kappa shape index (κ2) is 16.3. The number of nitrogens with zero attached hydrogens (tertiary/aromatic N) is 1. The van der Waals surface area contributed by atoms with E-state index in [9.17, 15) is 13.2 Å². The average molecular weight is 657 g/mol. The van der Waals surface area contributed by atoms with Crippen molar-refractivity contribution in [3.05, 3.63) is 94.5 Å². The molecule has 1 aliphatic heterocycles.